The molecule has 4 aromatic rings. The van der Waals surface area contributed by atoms with Crippen LogP contribution in [0.3, 0.4) is 0 Å². The second-order valence-electron chi connectivity index (χ2n) is 8.86. The average molecular weight is 440 g/mol. The van der Waals surface area contributed by atoms with Gasteiger partial charge < -0.3 is 15.2 Å². The highest BCUT2D eigenvalue weighted by Gasteiger charge is 2.45. The summed E-state index contributed by atoms with van der Waals surface area (Å²) in [6, 6.07) is 14.0. The first-order chi connectivity index (χ1) is 16.0. The number of nitrogens with zero attached hydrogens (tertiary/aromatic N) is 5. The van der Waals surface area contributed by atoms with Crippen molar-refractivity contribution in [2.45, 2.75) is 31.8 Å². The fourth-order valence-electron chi connectivity index (χ4n) is 4.42. The van der Waals surface area contributed by atoms with Crippen molar-refractivity contribution < 1.29 is 4.79 Å². The number of aromatic nitrogens is 4. The number of anilines is 1. The molecule has 0 spiro atoms. The van der Waals surface area contributed by atoms with E-state index in [-0.39, 0.29) is 11.9 Å². The number of carbonyl (C=O) groups excluding carboxylic acids is 1. The van der Waals surface area contributed by atoms with Gasteiger partial charge >= 0.3 is 0 Å². The molecule has 1 aromatic carbocycles. The highest BCUT2D eigenvalue weighted by molar-refractivity contribution is 5.94. The number of H-pyrrole nitrogens is 1. The van der Waals surface area contributed by atoms with Crippen molar-refractivity contribution in [1.82, 2.24) is 25.1 Å². The van der Waals surface area contributed by atoms with Crippen LogP contribution in [0.15, 0.2) is 61.2 Å². The molecular formula is C25H25N7O. The van der Waals surface area contributed by atoms with E-state index in [1.54, 1.807) is 6.20 Å². The molecule has 0 unspecified atom stereocenters. The fourth-order valence-corrected chi connectivity index (χ4v) is 4.42. The molecule has 166 valence electrons. The SMILES string of the molecule is CC(C)NC(=O)c1ccc(N2CC(CC#N)(n3cc(-c4nccc5[nH]ccc45)cn3)C2)cc1. The van der Waals surface area contributed by atoms with Crippen molar-refractivity contribution in [2.75, 3.05) is 18.0 Å². The number of fused-ring (bicyclic) bond motifs is 1. The minimum absolute atomic E-state index is 0.0749. The number of carbonyl (C=O) groups is 1. The van der Waals surface area contributed by atoms with Crippen LogP contribution in [-0.4, -0.2) is 44.8 Å². The molecule has 2 N–H and O–H groups in total. The highest BCUT2D eigenvalue weighted by atomic mass is 16.1. The van der Waals surface area contributed by atoms with Gasteiger partial charge in [-0.2, -0.15) is 10.4 Å². The van der Waals surface area contributed by atoms with E-state index in [1.807, 2.05) is 73.5 Å². The zero-order valence-electron chi connectivity index (χ0n) is 18.6. The van der Waals surface area contributed by atoms with Crippen LogP contribution >= 0.6 is 0 Å². The van der Waals surface area contributed by atoms with E-state index in [1.165, 1.54) is 0 Å². The topological polar surface area (TPSA) is 103 Å². The van der Waals surface area contributed by atoms with Gasteiger partial charge in [0.2, 0.25) is 0 Å². The summed E-state index contributed by atoms with van der Waals surface area (Å²) in [5, 5.41) is 18.1. The van der Waals surface area contributed by atoms with Gasteiger partial charge in [-0.15, -0.1) is 0 Å². The lowest BCUT2D eigenvalue weighted by molar-refractivity contribution is 0.0943. The Hall–Kier alpha value is -4.12. The summed E-state index contributed by atoms with van der Waals surface area (Å²) in [7, 11) is 0. The molecule has 1 aliphatic heterocycles. The van der Waals surface area contributed by atoms with Crippen LogP contribution in [-0.2, 0) is 5.54 Å². The molecule has 0 bridgehead atoms. The molecule has 8 heteroatoms. The normalized spacial score (nSPS) is 14.8. The van der Waals surface area contributed by atoms with Crippen LogP contribution in [0, 0.1) is 11.3 Å². The van der Waals surface area contributed by atoms with E-state index in [0.29, 0.717) is 25.1 Å². The largest absolute Gasteiger partial charge is 0.366 e. The van der Waals surface area contributed by atoms with E-state index >= 15 is 0 Å². The Morgan fingerprint density at radius 1 is 1.24 bits per heavy atom. The van der Waals surface area contributed by atoms with Crippen LogP contribution in [0.2, 0.25) is 0 Å². The van der Waals surface area contributed by atoms with E-state index in [2.05, 4.69) is 31.4 Å². The van der Waals surface area contributed by atoms with Crippen LogP contribution in [0.5, 0.6) is 0 Å². The highest BCUT2D eigenvalue weighted by Crippen LogP contribution is 2.37. The smallest absolute Gasteiger partial charge is 0.251 e. The van der Waals surface area contributed by atoms with Crippen molar-refractivity contribution in [3.8, 4) is 17.3 Å². The molecule has 1 amide bonds. The third-order valence-electron chi connectivity index (χ3n) is 6.11. The Morgan fingerprint density at radius 2 is 2.03 bits per heavy atom. The maximum atomic E-state index is 12.2. The van der Waals surface area contributed by atoms with Crippen LogP contribution in [0.4, 0.5) is 5.69 Å². The fraction of sp³-hybridized carbons (Fsp3) is 0.280. The second kappa shape index (κ2) is 8.10. The van der Waals surface area contributed by atoms with Gasteiger partial charge in [-0.25, -0.2) is 0 Å². The molecule has 33 heavy (non-hydrogen) atoms. The van der Waals surface area contributed by atoms with Crippen molar-refractivity contribution in [1.29, 1.82) is 5.26 Å². The average Bonchev–Trinajstić information content (AvgIpc) is 3.45. The number of aromatic amines is 1. The van der Waals surface area contributed by atoms with E-state index in [4.69, 9.17) is 0 Å². The molecule has 5 rings (SSSR count). The second-order valence-corrected chi connectivity index (χ2v) is 8.86. The monoisotopic (exact) mass is 439 g/mol. The van der Waals surface area contributed by atoms with E-state index < -0.39 is 5.54 Å². The molecule has 4 heterocycles. The van der Waals surface area contributed by atoms with Crippen molar-refractivity contribution >= 4 is 22.5 Å². The van der Waals surface area contributed by atoms with Gasteiger partial charge in [-0.3, -0.25) is 14.5 Å². The summed E-state index contributed by atoms with van der Waals surface area (Å²) in [6.07, 6.45) is 7.86. The summed E-state index contributed by atoms with van der Waals surface area (Å²) >= 11 is 0. The lowest BCUT2D eigenvalue weighted by Crippen LogP contribution is -2.63. The van der Waals surface area contributed by atoms with Crippen molar-refractivity contribution in [3.05, 3.63) is 66.7 Å². The summed E-state index contributed by atoms with van der Waals surface area (Å²) in [6.45, 7) is 5.22. The van der Waals surface area contributed by atoms with E-state index in [9.17, 15) is 10.1 Å². The van der Waals surface area contributed by atoms with Gasteiger partial charge in [0.1, 0.15) is 5.54 Å². The first kappa shape index (κ1) is 20.8. The molecule has 1 saturated heterocycles. The van der Waals surface area contributed by atoms with Gasteiger partial charge in [0, 0.05) is 65.4 Å². The summed E-state index contributed by atoms with van der Waals surface area (Å²) in [5.74, 6) is -0.0749. The number of amides is 1. The Labute approximate surface area is 191 Å². The molecule has 3 aromatic heterocycles. The van der Waals surface area contributed by atoms with Gasteiger partial charge in [0.25, 0.3) is 5.91 Å². The molecule has 1 fully saturated rings. The van der Waals surface area contributed by atoms with Gasteiger partial charge in [-0.1, -0.05) is 0 Å². The molecule has 0 saturated carbocycles. The minimum Gasteiger partial charge on any atom is -0.366 e. The zero-order chi connectivity index (χ0) is 23.0. The Bertz CT molecular complexity index is 1340. The lowest BCUT2D eigenvalue weighted by Gasteiger charge is -2.50. The maximum absolute atomic E-state index is 12.2. The van der Waals surface area contributed by atoms with Gasteiger partial charge in [0.05, 0.1) is 24.4 Å². The molecular weight excluding hydrogens is 414 g/mol. The number of hydrogen-bond acceptors (Lipinski definition) is 5. The zero-order valence-corrected chi connectivity index (χ0v) is 18.6. The summed E-state index contributed by atoms with van der Waals surface area (Å²) < 4.78 is 1.92. The predicted molar refractivity (Wildman–Crippen MR) is 127 cm³/mol. The molecule has 0 atom stereocenters. The maximum Gasteiger partial charge on any atom is 0.251 e. The van der Waals surface area contributed by atoms with Crippen molar-refractivity contribution in [2.24, 2.45) is 0 Å². The van der Waals surface area contributed by atoms with Gasteiger partial charge in [0.15, 0.2) is 0 Å². The molecule has 0 radical (unpaired) electrons. The third kappa shape index (κ3) is 3.72. The van der Waals surface area contributed by atoms with Crippen LogP contribution in [0.1, 0.15) is 30.6 Å². The standard InChI is InChI=1S/C25H25N7O/c1-17(2)30-24(33)18-3-5-20(6-4-18)31-15-25(16-31,9-10-26)32-14-19(13-29-32)23-21-7-11-27-22(21)8-12-28-23/h3-8,11-14,17,27H,9,15-16H2,1-2H3,(H,30,33). The van der Waals surface area contributed by atoms with Crippen LogP contribution in [0.25, 0.3) is 22.2 Å². The number of hydrogen-bond donors (Lipinski definition) is 2. The Morgan fingerprint density at radius 3 is 2.76 bits per heavy atom. The number of pyridine rings is 1. The first-order valence-corrected chi connectivity index (χ1v) is 11.0. The van der Waals surface area contributed by atoms with E-state index in [0.717, 1.165) is 27.8 Å². The lowest BCUT2D eigenvalue weighted by atomic mass is 9.86. The van der Waals surface area contributed by atoms with Gasteiger partial charge in [-0.05, 0) is 50.2 Å². The Kier molecular flexibility index (Phi) is 5.09. The number of nitriles is 1. The predicted octanol–water partition coefficient (Wildman–Crippen LogP) is 3.69. The summed E-state index contributed by atoms with van der Waals surface area (Å²) in [4.78, 5) is 22.2. The quantitative estimate of drug-likeness (QED) is 0.477. The number of benzene rings is 1. The van der Waals surface area contributed by atoms with Crippen LogP contribution < -0.4 is 10.2 Å². The molecule has 1 aliphatic rings. The molecule has 8 nitrogen and oxygen atoms in total. The number of nitrogens with one attached hydrogen (secondary N) is 2. The Balaban J connectivity index is 1.35. The molecule has 0 aliphatic carbocycles. The minimum atomic E-state index is -0.396. The summed E-state index contributed by atoms with van der Waals surface area (Å²) in [5.41, 5.74) is 4.09. The third-order valence-corrected chi connectivity index (χ3v) is 6.11. The first-order valence-electron chi connectivity index (χ1n) is 11.0. The van der Waals surface area contributed by atoms with Crippen molar-refractivity contribution in [3.63, 3.8) is 0 Å². The number of rotatable bonds is 6.